The van der Waals surface area contributed by atoms with Gasteiger partial charge in [0.05, 0.1) is 21.8 Å². The maximum absolute atomic E-state index is 13.0. The Morgan fingerprint density at radius 1 is 1.10 bits per heavy atom. The van der Waals surface area contributed by atoms with Crippen LogP contribution < -0.4 is 20.1 Å². The van der Waals surface area contributed by atoms with Crippen molar-refractivity contribution in [3.8, 4) is 11.6 Å². The van der Waals surface area contributed by atoms with Crippen LogP contribution in [0, 0.1) is 6.92 Å². The summed E-state index contributed by atoms with van der Waals surface area (Å²) in [4.78, 5) is 34.8. The molecule has 8 nitrogen and oxygen atoms in total. The number of carbonyl (C=O) groups excluding carboxylic acids is 2. The van der Waals surface area contributed by atoms with Crippen molar-refractivity contribution in [3.63, 3.8) is 0 Å². The molecule has 4 aromatic rings. The highest BCUT2D eigenvalue weighted by Gasteiger charge is 2.35. The number of thiophene rings is 1. The number of carbonyl (C=O) groups is 2. The van der Waals surface area contributed by atoms with Gasteiger partial charge in [-0.25, -0.2) is 14.8 Å². The number of benzene rings is 1. The van der Waals surface area contributed by atoms with E-state index in [1.165, 1.54) is 16.5 Å². The lowest BCUT2D eigenvalue weighted by Crippen LogP contribution is -2.34. The first-order chi connectivity index (χ1) is 14.5. The van der Waals surface area contributed by atoms with Crippen molar-refractivity contribution in [1.29, 1.82) is 0 Å². The molecule has 0 saturated heterocycles. The highest BCUT2D eigenvalue weighted by atomic mass is 32.2. The van der Waals surface area contributed by atoms with E-state index in [9.17, 15) is 14.7 Å². The Kier molecular flexibility index (Phi) is 4.11. The molecule has 148 valence electrons. The highest BCUT2D eigenvalue weighted by molar-refractivity contribution is 7.54. The van der Waals surface area contributed by atoms with Crippen LogP contribution in [0.15, 0.2) is 60.2 Å². The van der Waals surface area contributed by atoms with Crippen molar-refractivity contribution in [2.75, 3.05) is 10.2 Å². The maximum Gasteiger partial charge on any atom is 0.331 e. The number of amides is 2. The number of aromatic nitrogens is 2. The molecule has 0 bridgehead atoms. The molecular formula is C21H14N4O4S. The number of ether oxygens (including phenoxy) is 1. The Morgan fingerprint density at radius 3 is 2.73 bits per heavy atom. The van der Waals surface area contributed by atoms with E-state index in [0.29, 0.717) is 38.9 Å². The van der Waals surface area contributed by atoms with Gasteiger partial charge in [-0.1, -0.05) is 12.1 Å². The summed E-state index contributed by atoms with van der Waals surface area (Å²) in [6.45, 7) is 1.85. The minimum atomic E-state index is -1.32. The van der Waals surface area contributed by atoms with Crippen molar-refractivity contribution in [3.05, 3.63) is 65.8 Å². The van der Waals surface area contributed by atoms with Crippen molar-refractivity contribution < 1.29 is 19.4 Å². The van der Waals surface area contributed by atoms with Crippen LogP contribution in [0.5, 0.6) is 11.6 Å². The summed E-state index contributed by atoms with van der Waals surface area (Å²) in [5, 5.41) is 15.2. The monoisotopic (exact) mass is 418 g/mol. The largest absolute Gasteiger partial charge is 0.500 e. The van der Waals surface area contributed by atoms with Gasteiger partial charge in [-0.3, -0.25) is 4.90 Å². The minimum Gasteiger partial charge on any atom is -0.500 e. The molecule has 1 N–H and O–H groups in total. The van der Waals surface area contributed by atoms with Gasteiger partial charge in [0.15, 0.2) is 5.38 Å². The molecule has 0 spiro atoms. The van der Waals surface area contributed by atoms with Gasteiger partial charge < -0.3 is 20.0 Å². The third-order valence-corrected chi connectivity index (χ3v) is 6.38. The Bertz CT molecular complexity index is 1320. The van der Waals surface area contributed by atoms with Crippen LogP contribution in [0.3, 0.4) is 0 Å². The second-order valence-electron chi connectivity index (χ2n) is 6.57. The number of nitrogens with one attached hydrogen (secondary N) is 1. The number of hydrogen-bond donors (Lipinski definition) is 1. The van der Waals surface area contributed by atoms with Crippen LogP contribution in [0.25, 0.3) is 10.2 Å². The fourth-order valence-electron chi connectivity index (χ4n) is 3.49. The predicted molar refractivity (Wildman–Crippen MR) is 112 cm³/mol. The van der Waals surface area contributed by atoms with Crippen LogP contribution in [-0.2, 0) is 0 Å². The first-order valence-corrected chi connectivity index (χ1v) is 10.3. The molecule has 0 aliphatic carbocycles. The van der Waals surface area contributed by atoms with E-state index in [-0.39, 0.29) is 0 Å². The van der Waals surface area contributed by atoms with Crippen molar-refractivity contribution >= 4 is 49.1 Å². The third-order valence-electron chi connectivity index (χ3n) is 4.82. The number of pyridine rings is 2. The minimum absolute atomic E-state index is 0.381. The molecule has 0 fully saturated rings. The molecule has 1 atom stereocenters. The molecule has 2 amide bonds. The Balaban J connectivity index is 1.65. The van der Waals surface area contributed by atoms with Crippen LogP contribution in [-0.4, -0.2) is 21.3 Å². The Hall–Kier alpha value is -3.98. The van der Waals surface area contributed by atoms with E-state index in [4.69, 9.17) is 4.74 Å². The van der Waals surface area contributed by atoms with E-state index < -0.39 is 21.8 Å². The molecule has 0 saturated carbocycles. The molecular weight excluding hydrogens is 404 g/mol. The maximum atomic E-state index is 13.0. The first-order valence-electron chi connectivity index (χ1n) is 8.99. The molecule has 4 heterocycles. The van der Waals surface area contributed by atoms with Gasteiger partial charge in [0.25, 0.3) is 4.83 Å². The number of anilines is 3. The summed E-state index contributed by atoms with van der Waals surface area (Å²) in [6.07, 6.45) is 3.14. The van der Waals surface area contributed by atoms with Gasteiger partial charge in [-0.2, -0.15) is 0 Å². The second-order valence-corrected chi connectivity index (χ2v) is 8.20. The standard InChI is InChI=1S/C21H14N4O4S/c1-12-14(5-4-6-16(12)29-17-7-2-3-9-22-17)25-15-8-10-23-19-18(15)13(24-20(25)26)11-30(19)21(27)28/h2-11H,1H3,(H-,24,26,27,28). The molecule has 30 heavy (non-hydrogen) atoms. The topological polar surface area (TPSA) is 107 Å². The average Bonchev–Trinajstić information content (AvgIpc) is 3.11. The third kappa shape index (κ3) is 2.75. The summed E-state index contributed by atoms with van der Waals surface area (Å²) in [7, 11) is -1.32. The molecule has 3 aromatic heterocycles. The van der Waals surface area contributed by atoms with Crippen molar-refractivity contribution in [2.45, 2.75) is 6.92 Å². The van der Waals surface area contributed by atoms with E-state index in [2.05, 4.69) is 15.3 Å². The summed E-state index contributed by atoms with van der Waals surface area (Å²) in [5.41, 5.74) is 2.34. The van der Waals surface area contributed by atoms with Gasteiger partial charge in [0.1, 0.15) is 16.8 Å². The van der Waals surface area contributed by atoms with Crippen LogP contribution in [0.2, 0.25) is 0 Å². The van der Waals surface area contributed by atoms with Gasteiger partial charge in [-0.05, 0) is 31.2 Å². The van der Waals surface area contributed by atoms with Crippen molar-refractivity contribution in [2.24, 2.45) is 0 Å². The van der Waals surface area contributed by atoms with E-state index >= 15 is 0 Å². The quantitative estimate of drug-likeness (QED) is 0.494. The summed E-state index contributed by atoms with van der Waals surface area (Å²) in [6, 6.07) is 12.0. The molecule has 1 aliphatic heterocycles. The Labute approximate surface area is 173 Å². The lowest BCUT2D eigenvalue weighted by Gasteiger charge is -2.28. The fourth-order valence-corrected chi connectivity index (χ4v) is 4.87. The molecule has 5 rings (SSSR count). The summed E-state index contributed by atoms with van der Waals surface area (Å²) in [5.74, 6) is 0.995. The first kappa shape index (κ1) is 18.1. The smallest absolute Gasteiger partial charge is 0.331 e. The van der Waals surface area contributed by atoms with Gasteiger partial charge in [0.2, 0.25) is 5.88 Å². The lowest BCUT2D eigenvalue weighted by molar-refractivity contribution is -0.233. The molecule has 1 aromatic carbocycles. The van der Waals surface area contributed by atoms with Crippen LogP contribution in [0.1, 0.15) is 5.56 Å². The zero-order valence-corrected chi connectivity index (χ0v) is 16.5. The van der Waals surface area contributed by atoms with Crippen LogP contribution in [0.4, 0.5) is 26.7 Å². The van der Waals surface area contributed by atoms with E-state index in [1.54, 1.807) is 42.6 Å². The number of carboxylic acid groups (broad SMARTS) is 1. The summed E-state index contributed by atoms with van der Waals surface area (Å²) < 4.78 is 5.89. The molecule has 1 unspecified atom stereocenters. The summed E-state index contributed by atoms with van der Waals surface area (Å²) >= 11 is 0. The number of hydrogen-bond acceptors (Lipinski definition) is 6. The number of rotatable bonds is 4. The van der Waals surface area contributed by atoms with Crippen molar-refractivity contribution in [1.82, 2.24) is 9.97 Å². The Morgan fingerprint density at radius 2 is 1.97 bits per heavy atom. The molecule has 1 aliphatic rings. The number of urea groups is 1. The number of nitrogens with zero attached hydrogens (tertiary/aromatic N) is 3. The lowest BCUT2D eigenvalue weighted by atomic mass is 10.1. The highest BCUT2D eigenvalue weighted by Crippen LogP contribution is 2.47. The zero-order chi connectivity index (χ0) is 20.8. The fraction of sp³-hybridized carbons (Fsp3) is 0.0476. The normalized spacial score (nSPS) is 13.3. The molecule has 9 heteroatoms. The second kappa shape index (κ2) is 6.82. The van der Waals surface area contributed by atoms with Crippen LogP contribution >= 0.6 is 10.5 Å². The van der Waals surface area contributed by atoms with E-state index in [0.717, 1.165) is 5.56 Å². The van der Waals surface area contributed by atoms with Gasteiger partial charge >= 0.3 is 11.3 Å². The average molecular weight is 418 g/mol. The van der Waals surface area contributed by atoms with E-state index in [1.807, 2.05) is 13.0 Å². The zero-order valence-electron chi connectivity index (χ0n) is 15.7. The SMILES string of the molecule is Cc1c(Oc2ccccn2)cccc1N1C(=O)Nc2c[s+](C(=O)[O-])c3nccc1c23. The van der Waals surface area contributed by atoms with Gasteiger partial charge in [-0.15, -0.1) is 0 Å². The van der Waals surface area contributed by atoms with Gasteiger partial charge in [0, 0.05) is 24.0 Å². The predicted octanol–water partition coefficient (Wildman–Crippen LogP) is 4.35. The molecule has 0 radical (unpaired) electrons.